The van der Waals surface area contributed by atoms with E-state index in [1.54, 1.807) is 17.6 Å². The maximum Gasteiger partial charge on any atom is 0.0965 e. The van der Waals surface area contributed by atoms with Gasteiger partial charge in [0.15, 0.2) is 0 Å². The Morgan fingerprint density at radius 3 is 2.59 bits per heavy atom. The molecule has 0 aliphatic rings. The van der Waals surface area contributed by atoms with Crippen molar-refractivity contribution in [1.82, 2.24) is 4.98 Å². The Morgan fingerprint density at radius 1 is 1.29 bits per heavy atom. The Bertz CT molecular complexity index is 536. The molecule has 17 heavy (non-hydrogen) atoms. The summed E-state index contributed by atoms with van der Waals surface area (Å²) < 4.78 is 1.05. The smallest absolute Gasteiger partial charge is 0.0965 e. The van der Waals surface area contributed by atoms with Crippen molar-refractivity contribution < 1.29 is 0 Å². The van der Waals surface area contributed by atoms with Crippen LogP contribution in [0.3, 0.4) is 0 Å². The van der Waals surface area contributed by atoms with E-state index in [9.17, 15) is 0 Å². The molecular formula is C10H6BrCl2N3S. The van der Waals surface area contributed by atoms with Gasteiger partial charge in [0.25, 0.3) is 0 Å². The maximum absolute atomic E-state index is 5.93. The van der Waals surface area contributed by atoms with E-state index in [1.165, 1.54) is 12.4 Å². The minimum atomic E-state index is 0.432. The molecule has 88 valence electrons. The number of rotatable bonds is 3. The summed E-state index contributed by atoms with van der Waals surface area (Å²) in [6, 6.07) is 3.91. The molecule has 0 radical (unpaired) electrons. The van der Waals surface area contributed by atoms with Gasteiger partial charge in [-0.05, 0) is 28.1 Å². The number of hydrogen-bond acceptors (Lipinski definition) is 4. The SMILES string of the molecule is Clc1cncc(Cl)c1NN=Cc1ccc(Br)s1. The molecule has 3 nitrogen and oxygen atoms in total. The summed E-state index contributed by atoms with van der Waals surface area (Å²) >= 11 is 16.8. The van der Waals surface area contributed by atoms with Crippen molar-refractivity contribution in [3.05, 3.63) is 43.2 Å². The first kappa shape index (κ1) is 12.8. The Labute approximate surface area is 121 Å². The van der Waals surface area contributed by atoms with Crippen LogP contribution in [0.25, 0.3) is 0 Å². The highest BCUT2D eigenvalue weighted by Gasteiger charge is 2.04. The molecule has 0 saturated heterocycles. The average Bonchev–Trinajstić information content (AvgIpc) is 2.69. The molecule has 1 N–H and O–H groups in total. The summed E-state index contributed by atoms with van der Waals surface area (Å²) in [6.45, 7) is 0. The van der Waals surface area contributed by atoms with Crippen LogP contribution in [0.2, 0.25) is 10.0 Å². The molecule has 2 aromatic heterocycles. The minimum absolute atomic E-state index is 0.432. The molecule has 0 amide bonds. The number of hydrogen-bond donors (Lipinski definition) is 1. The molecule has 0 aromatic carbocycles. The fourth-order valence-corrected chi connectivity index (χ4v) is 2.82. The van der Waals surface area contributed by atoms with Crippen LogP contribution in [0.15, 0.2) is 33.4 Å². The molecule has 0 aliphatic carbocycles. The van der Waals surface area contributed by atoms with Crippen molar-refractivity contribution >= 4 is 62.4 Å². The van der Waals surface area contributed by atoms with Gasteiger partial charge >= 0.3 is 0 Å². The van der Waals surface area contributed by atoms with Crippen molar-refractivity contribution in [3.63, 3.8) is 0 Å². The second-order valence-corrected chi connectivity index (χ2v) is 6.30. The zero-order valence-corrected chi connectivity index (χ0v) is 12.2. The van der Waals surface area contributed by atoms with E-state index in [4.69, 9.17) is 23.2 Å². The van der Waals surface area contributed by atoms with Crippen LogP contribution in [0.1, 0.15) is 4.88 Å². The number of anilines is 1. The molecule has 2 heterocycles. The predicted octanol–water partition coefficient (Wildman–Crippen LogP) is 4.66. The number of nitrogens with zero attached hydrogens (tertiary/aromatic N) is 2. The molecule has 0 unspecified atom stereocenters. The van der Waals surface area contributed by atoms with Crippen LogP contribution in [0, 0.1) is 0 Å². The first-order valence-corrected chi connectivity index (χ1v) is 6.87. The number of thiophene rings is 1. The van der Waals surface area contributed by atoms with Crippen molar-refractivity contribution in [3.8, 4) is 0 Å². The van der Waals surface area contributed by atoms with Gasteiger partial charge in [0, 0.05) is 17.3 Å². The van der Waals surface area contributed by atoms with Crippen LogP contribution in [0.5, 0.6) is 0 Å². The second-order valence-electron chi connectivity index (χ2n) is 2.99. The highest BCUT2D eigenvalue weighted by Crippen LogP contribution is 2.28. The van der Waals surface area contributed by atoms with Crippen LogP contribution < -0.4 is 5.43 Å². The Balaban J connectivity index is 2.10. The third kappa shape index (κ3) is 3.42. The van der Waals surface area contributed by atoms with Gasteiger partial charge in [-0.2, -0.15) is 5.10 Å². The molecule has 0 spiro atoms. The average molecular weight is 351 g/mol. The van der Waals surface area contributed by atoms with Crippen molar-refractivity contribution in [1.29, 1.82) is 0 Å². The number of aromatic nitrogens is 1. The molecule has 0 saturated carbocycles. The van der Waals surface area contributed by atoms with Gasteiger partial charge in [-0.25, -0.2) is 0 Å². The van der Waals surface area contributed by atoms with E-state index in [2.05, 4.69) is 31.4 Å². The highest BCUT2D eigenvalue weighted by atomic mass is 79.9. The second kappa shape index (κ2) is 5.82. The fourth-order valence-electron chi connectivity index (χ4n) is 1.08. The summed E-state index contributed by atoms with van der Waals surface area (Å²) in [4.78, 5) is 4.87. The number of hydrazone groups is 1. The van der Waals surface area contributed by atoms with E-state index in [1.807, 2.05) is 12.1 Å². The van der Waals surface area contributed by atoms with Crippen molar-refractivity contribution in [2.45, 2.75) is 0 Å². The molecule has 0 fully saturated rings. The number of pyridine rings is 1. The largest absolute Gasteiger partial charge is 0.275 e. The van der Waals surface area contributed by atoms with Gasteiger partial charge in [0.1, 0.15) is 0 Å². The van der Waals surface area contributed by atoms with E-state index in [0.717, 1.165) is 8.66 Å². The zero-order chi connectivity index (χ0) is 12.3. The number of halogens is 3. The van der Waals surface area contributed by atoms with Crippen LogP contribution in [-0.2, 0) is 0 Å². The molecule has 0 atom stereocenters. The van der Waals surface area contributed by atoms with Crippen molar-refractivity contribution in [2.24, 2.45) is 5.10 Å². The normalized spacial score (nSPS) is 11.0. The van der Waals surface area contributed by atoms with Gasteiger partial charge in [0.05, 0.1) is 25.7 Å². The summed E-state index contributed by atoms with van der Waals surface area (Å²) in [5.41, 5.74) is 3.35. The van der Waals surface area contributed by atoms with Crippen molar-refractivity contribution in [2.75, 3.05) is 5.43 Å². The molecule has 7 heteroatoms. The highest BCUT2D eigenvalue weighted by molar-refractivity contribution is 9.11. The van der Waals surface area contributed by atoms with Gasteiger partial charge < -0.3 is 0 Å². The lowest BCUT2D eigenvalue weighted by molar-refractivity contribution is 1.28. The zero-order valence-electron chi connectivity index (χ0n) is 8.32. The van der Waals surface area contributed by atoms with E-state index < -0.39 is 0 Å². The maximum atomic E-state index is 5.93. The monoisotopic (exact) mass is 349 g/mol. The predicted molar refractivity (Wildman–Crippen MR) is 77.5 cm³/mol. The third-order valence-electron chi connectivity index (χ3n) is 1.82. The molecule has 0 bridgehead atoms. The molecular weight excluding hydrogens is 345 g/mol. The Hall–Kier alpha value is -0.620. The van der Waals surface area contributed by atoms with Gasteiger partial charge in [0.2, 0.25) is 0 Å². The van der Waals surface area contributed by atoms with Crippen LogP contribution in [-0.4, -0.2) is 11.2 Å². The third-order valence-corrected chi connectivity index (χ3v) is 3.95. The lowest BCUT2D eigenvalue weighted by Crippen LogP contribution is -1.92. The molecule has 0 aliphatic heterocycles. The van der Waals surface area contributed by atoms with Gasteiger partial charge in [-0.3, -0.25) is 10.4 Å². The summed E-state index contributed by atoms with van der Waals surface area (Å²) in [7, 11) is 0. The first-order valence-electron chi connectivity index (χ1n) is 4.50. The van der Waals surface area contributed by atoms with Crippen LogP contribution in [0.4, 0.5) is 5.69 Å². The van der Waals surface area contributed by atoms with Gasteiger partial charge in [-0.1, -0.05) is 23.2 Å². The Kier molecular flexibility index (Phi) is 4.39. The van der Waals surface area contributed by atoms with E-state index in [-0.39, 0.29) is 0 Å². The standard InChI is InChI=1S/C10H6BrCl2N3S/c11-9-2-1-6(17-9)3-15-16-10-7(12)4-14-5-8(10)13/h1-5H,(H,14,16). The lowest BCUT2D eigenvalue weighted by atomic mass is 10.4. The topological polar surface area (TPSA) is 37.3 Å². The molecule has 2 rings (SSSR count). The minimum Gasteiger partial charge on any atom is -0.275 e. The fraction of sp³-hybridized carbons (Fsp3) is 0. The van der Waals surface area contributed by atoms with Gasteiger partial charge in [-0.15, -0.1) is 11.3 Å². The Morgan fingerprint density at radius 2 is 2.00 bits per heavy atom. The molecule has 2 aromatic rings. The first-order chi connectivity index (χ1) is 8.16. The summed E-state index contributed by atoms with van der Waals surface area (Å²) in [5.74, 6) is 0. The van der Waals surface area contributed by atoms with E-state index in [0.29, 0.717) is 15.7 Å². The number of nitrogens with one attached hydrogen (secondary N) is 1. The van der Waals surface area contributed by atoms with Crippen LogP contribution >= 0.6 is 50.5 Å². The lowest BCUT2D eigenvalue weighted by Gasteiger charge is -2.03. The van der Waals surface area contributed by atoms with E-state index >= 15 is 0 Å². The summed E-state index contributed by atoms with van der Waals surface area (Å²) in [5, 5.41) is 4.93. The quantitative estimate of drug-likeness (QED) is 0.645. The summed E-state index contributed by atoms with van der Waals surface area (Å²) in [6.07, 6.45) is 4.71.